The Morgan fingerprint density at radius 2 is 2.17 bits per heavy atom. The molecule has 0 unspecified atom stereocenters. The molecule has 0 amide bonds. The third-order valence-electron chi connectivity index (χ3n) is 2.24. The molecule has 0 radical (unpaired) electrons. The van der Waals surface area contributed by atoms with Crippen LogP contribution in [0.15, 0.2) is 6.33 Å². The molecule has 0 aliphatic heterocycles. The Balaban J connectivity index is 3.01. The maximum Gasteiger partial charge on any atom is 0.352 e. The first kappa shape index (κ1) is 14.0. The summed E-state index contributed by atoms with van der Waals surface area (Å²) in [6.45, 7) is 3.82. The van der Waals surface area contributed by atoms with Gasteiger partial charge in [0.1, 0.15) is 17.8 Å². The molecule has 0 fully saturated rings. The molecule has 0 bridgehead atoms. The molecule has 0 spiro atoms. The zero-order valence-corrected chi connectivity index (χ0v) is 10.5. The van der Waals surface area contributed by atoms with Crippen molar-refractivity contribution in [1.29, 1.82) is 0 Å². The summed E-state index contributed by atoms with van der Waals surface area (Å²) in [4.78, 5) is 29.4. The Labute approximate surface area is 104 Å². The van der Waals surface area contributed by atoms with Crippen LogP contribution >= 0.6 is 0 Å². The summed E-state index contributed by atoms with van der Waals surface area (Å²) in [5.74, 6) is -0.00325. The van der Waals surface area contributed by atoms with Crippen molar-refractivity contribution in [2.75, 3.05) is 7.11 Å². The second kappa shape index (κ2) is 6.04. The van der Waals surface area contributed by atoms with E-state index in [1.807, 2.05) is 13.8 Å². The lowest BCUT2D eigenvalue weighted by Gasteiger charge is -2.06. The number of nitro groups is 1. The number of ether oxygens (including phenoxy) is 1. The number of nitrogens with zero attached hydrogens (tertiary/aromatic N) is 3. The quantitative estimate of drug-likeness (QED) is 0.563. The van der Waals surface area contributed by atoms with E-state index in [9.17, 15) is 14.9 Å². The van der Waals surface area contributed by atoms with E-state index in [0.29, 0.717) is 6.42 Å². The predicted octanol–water partition coefficient (Wildman–Crippen LogP) is 1.55. The van der Waals surface area contributed by atoms with Gasteiger partial charge in [0.2, 0.25) is 0 Å². The van der Waals surface area contributed by atoms with Gasteiger partial charge in [0.05, 0.1) is 18.5 Å². The van der Waals surface area contributed by atoms with Crippen LogP contribution in [0.2, 0.25) is 0 Å². The molecule has 98 valence electrons. The average Bonchev–Trinajstić information content (AvgIpc) is 2.26. The smallest absolute Gasteiger partial charge is 0.352 e. The number of methoxy groups -OCH3 is 1. The standard InChI is InChI=1S/C11H15N3O4/c1-7(2)4-8(15)5-9-10(14(16)17)11(18-3)13-6-12-9/h6-7H,4-5H2,1-3H3. The number of hydrogen-bond donors (Lipinski definition) is 0. The van der Waals surface area contributed by atoms with E-state index in [2.05, 4.69) is 9.97 Å². The molecule has 1 heterocycles. The molecule has 18 heavy (non-hydrogen) atoms. The summed E-state index contributed by atoms with van der Waals surface area (Å²) in [7, 11) is 1.29. The molecule has 0 aromatic carbocycles. The number of carbonyl (C=O) groups is 1. The highest BCUT2D eigenvalue weighted by Crippen LogP contribution is 2.27. The van der Waals surface area contributed by atoms with E-state index in [1.54, 1.807) is 0 Å². The van der Waals surface area contributed by atoms with Crippen LogP contribution < -0.4 is 4.74 Å². The minimum atomic E-state index is -0.628. The van der Waals surface area contributed by atoms with Gasteiger partial charge in [0, 0.05) is 6.42 Å². The van der Waals surface area contributed by atoms with E-state index < -0.39 is 4.92 Å². The highest BCUT2D eigenvalue weighted by atomic mass is 16.6. The molecule has 1 rings (SSSR count). The van der Waals surface area contributed by atoms with Crippen molar-refractivity contribution in [2.45, 2.75) is 26.7 Å². The Morgan fingerprint density at radius 1 is 1.50 bits per heavy atom. The molecule has 0 aliphatic carbocycles. The van der Waals surface area contributed by atoms with Crippen LogP contribution in [0.1, 0.15) is 26.0 Å². The van der Waals surface area contributed by atoms with Gasteiger partial charge in [-0.15, -0.1) is 0 Å². The lowest BCUT2D eigenvalue weighted by Crippen LogP contribution is -2.11. The van der Waals surface area contributed by atoms with Crippen molar-refractivity contribution in [1.82, 2.24) is 9.97 Å². The lowest BCUT2D eigenvalue weighted by atomic mass is 10.0. The SMILES string of the molecule is COc1ncnc(CC(=O)CC(C)C)c1[N+](=O)[O-]. The molecule has 1 aromatic rings. The number of carbonyl (C=O) groups excluding carboxylic acids is 1. The summed E-state index contributed by atoms with van der Waals surface area (Å²) in [6.07, 6.45) is 1.45. The second-order valence-corrected chi connectivity index (χ2v) is 4.25. The second-order valence-electron chi connectivity index (χ2n) is 4.25. The Kier molecular flexibility index (Phi) is 4.70. The monoisotopic (exact) mass is 253 g/mol. The van der Waals surface area contributed by atoms with Crippen LogP contribution in [-0.2, 0) is 11.2 Å². The zero-order valence-electron chi connectivity index (χ0n) is 10.5. The largest absolute Gasteiger partial charge is 0.476 e. The minimum absolute atomic E-state index is 0.0760. The van der Waals surface area contributed by atoms with Gasteiger partial charge in [0.25, 0.3) is 5.88 Å². The highest BCUT2D eigenvalue weighted by molar-refractivity contribution is 5.81. The zero-order chi connectivity index (χ0) is 13.7. The van der Waals surface area contributed by atoms with Crippen molar-refractivity contribution in [2.24, 2.45) is 5.92 Å². The van der Waals surface area contributed by atoms with Gasteiger partial charge in [-0.2, -0.15) is 4.98 Å². The van der Waals surface area contributed by atoms with Gasteiger partial charge in [-0.05, 0) is 5.92 Å². The van der Waals surface area contributed by atoms with Crippen LogP contribution in [0.4, 0.5) is 5.69 Å². The predicted molar refractivity (Wildman–Crippen MR) is 63.4 cm³/mol. The van der Waals surface area contributed by atoms with Crippen molar-refractivity contribution in [3.05, 3.63) is 22.1 Å². The molecule has 0 atom stereocenters. The number of ketones is 1. The Morgan fingerprint density at radius 3 is 2.67 bits per heavy atom. The van der Waals surface area contributed by atoms with Gasteiger partial charge in [-0.3, -0.25) is 14.9 Å². The number of rotatable bonds is 6. The summed E-state index contributed by atoms with van der Waals surface area (Å²) >= 11 is 0. The van der Waals surface area contributed by atoms with Crippen LogP contribution in [0, 0.1) is 16.0 Å². The van der Waals surface area contributed by atoms with Gasteiger partial charge >= 0.3 is 5.69 Å². The first-order valence-corrected chi connectivity index (χ1v) is 5.49. The van der Waals surface area contributed by atoms with E-state index in [-0.39, 0.29) is 35.4 Å². The number of aromatic nitrogens is 2. The lowest BCUT2D eigenvalue weighted by molar-refractivity contribution is -0.387. The maximum absolute atomic E-state index is 11.7. The van der Waals surface area contributed by atoms with Crippen LogP contribution in [0.3, 0.4) is 0 Å². The van der Waals surface area contributed by atoms with Gasteiger partial charge in [-0.25, -0.2) is 4.98 Å². The topological polar surface area (TPSA) is 95.2 Å². The molecule has 1 aromatic heterocycles. The molecular formula is C11H15N3O4. The summed E-state index contributed by atoms with van der Waals surface area (Å²) in [5.41, 5.74) is -0.241. The van der Waals surface area contributed by atoms with E-state index in [4.69, 9.17) is 4.74 Å². The highest BCUT2D eigenvalue weighted by Gasteiger charge is 2.25. The van der Waals surface area contributed by atoms with Crippen LogP contribution in [0.25, 0.3) is 0 Å². The fourth-order valence-electron chi connectivity index (χ4n) is 1.57. The van der Waals surface area contributed by atoms with E-state index in [0.717, 1.165) is 6.33 Å². The van der Waals surface area contributed by atoms with E-state index >= 15 is 0 Å². The summed E-state index contributed by atoms with van der Waals surface area (Å²) in [6, 6.07) is 0. The average molecular weight is 253 g/mol. The third kappa shape index (κ3) is 3.47. The molecule has 7 heteroatoms. The van der Waals surface area contributed by atoms with Crippen molar-refractivity contribution in [3.8, 4) is 5.88 Å². The van der Waals surface area contributed by atoms with E-state index in [1.165, 1.54) is 7.11 Å². The molecule has 0 aliphatic rings. The van der Waals surface area contributed by atoms with Crippen LogP contribution in [-0.4, -0.2) is 27.8 Å². The summed E-state index contributed by atoms with van der Waals surface area (Å²) in [5, 5.41) is 10.9. The van der Waals surface area contributed by atoms with Crippen molar-refractivity contribution < 1.29 is 14.5 Å². The normalized spacial score (nSPS) is 10.4. The van der Waals surface area contributed by atoms with Gasteiger partial charge in [0.15, 0.2) is 0 Å². The molecule has 0 saturated carbocycles. The first-order valence-electron chi connectivity index (χ1n) is 5.49. The maximum atomic E-state index is 11.7. The Bertz CT molecular complexity index is 460. The molecular weight excluding hydrogens is 238 g/mol. The number of hydrogen-bond acceptors (Lipinski definition) is 6. The van der Waals surface area contributed by atoms with Gasteiger partial charge < -0.3 is 4.74 Å². The van der Waals surface area contributed by atoms with Crippen molar-refractivity contribution in [3.63, 3.8) is 0 Å². The Hall–Kier alpha value is -2.05. The fourth-order valence-corrected chi connectivity index (χ4v) is 1.57. The molecule has 7 nitrogen and oxygen atoms in total. The fraction of sp³-hybridized carbons (Fsp3) is 0.545. The molecule has 0 N–H and O–H groups in total. The summed E-state index contributed by atoms with van der Waals surface area (Å²) < 4.78 is 4.81. The van der Waals surface area contributed by atoms with Crippen LogP contribution in [0.5, 0.6) is 5.88 Å². The van der Waals surface area contributed by atoms with Crippen molar-refractivity contribution >= 4 is 11.5 Å². The van der Waals surface area contributed by atoms with Gasteiger partial charge in [-0.1, -0.05) is 13.8 Å². The number of Topliss-reactive ketones (excluding diaryl/α,β-unsaturated/α-hetero) is 1. The first-order chi connectivity index (χ1) is 8.45. The minimum Gasteiger partial charge on any atom is -0.476 e. The molecule has 0 saturated heterocycles. The third-order valence-corrected chi connectivity index (χ3v) is 2.24.